The Balaban J connectivity index is 1.47. The minimum atomic E-state index is -4.66. The van der Waals surface area contributed by atoms with Crippen LogP contribution in [-0.2, 0) is 6.18 Å². The molecule has 1 aliphatic heterocycles. The molecule has 6 nitrogen and oxygen atoms in total. The van der Waals surface area contributed by atoms with E-state index in [9.17, 15) is 22.4 Å². The van der Waals surface area contributed by atoms with Crippen molar-refractivity contribution < 1.29 is 27.1 Å². The Labute approximate surface area is 181 Å². The Morgan fingerprint density at radius 2 is 1.88 bits per heavy atom. The molecule has 162 valence electrons. The zero-order chi connectivity index (χ0) is 23.0. The second kappa shape index (κ2) is 8.06. The highest BCUT2D eigenvalue weighted by Crippen LogP contribution is 2.39. The summed E-state index contributed by atoms with van der Waals surface area (Å²) in [5, 5.41) is 4.53. The number of nitrogens with two attached hydrogens (primary N) is 1. The van der Waals surface area contributed by atoms with E-state index in [1.54, 1.807) is 24.3 Å². The number of hydrogen-bond acceptors (Lipinski definition) is 4. The molecule has 32 heavy (non-hydrogen) atoms. The Morgan fingerprint density at radius 1 is 1.16 bits per heavy atom. The van der Waals surface area contributed by atoms with Crippen molar-refractivity contribution >= 4 is 36.5 Å². The summed E-state index contributed by atoms with van der Waals surface area (Å²) >= 11 is 0. The van der Waals surface area contributed by atoms with Gasteiger partial charge in [-0.2, -0.15) is 13.2 Å². The molecule has 1 atom stereocenters. The number of benzene rings is 2. The van der Waals surface area contributed by atoms with Crippen molar-refractivity contribution in [3.63, 3.8) is 0 Å². The van der Waals surface area contributed by atoms with Crippen LogP contribution in [0.1, 0.15) is 22.6 Å². The van der Waals surface area contributed by atoms with E-state index in [1.165, 1.54) is 6.20 Å². The van der Waals surface area contributed by atoms with Gasteiger partial charge in [0.2, 0.25) is 0 Å². The molecule has 1 unspecified atom stereocenters. The molecule has 4 N–H and O–H groups in total. The first-order chi connectivity index (χ1) is 15.1. The average molecular weight is 442 g/mol. The van der Waals surface area contributed by atoms with Crippen LogP contribution in [0.4, 0.5) is 39.5 Å². The minimum absolute atomic E-state index is 0.205. The van der Waals surface area contributed by atoms with Crippen LogP contribution >= 0.6 is 0 Å². The Kier molecular flexibility index (Phi) is 5.41. The lowest BCUT2D eigenvalue weighted by molar-refractivity contribution is -0.137. The van der Waals surface area contributed by atoms with E-state index in [1.807, 2.05) is 0 Å². The maximum absolute atomic E-state index is 13.8. The first-order valence-electron chi connectivity index (χ1n) is 9.35. The molecule has 0 saturated carbocycles. The van der Waals surface area contributed by atoms with Crippen LogP contribution < -0.4 is 26.6 Å². The lowest BCUT2D eigenvalue weighted by Crippen LogP contribution is -2.20. The van der Waals surface area contributed by atoms with E-state index >= 15 is 0 Å². The lowest BCUT2D eigenvalue weighted by atomic mass is 9.89. The highest BCUT2D eigenvalue weighted by molar-refractivity contribution is 6.34. The summed E-state index contributed by atoms with van der Waals surface area (Å²) in [6, 6.07) is 7.50. The number of halogens is 4. The van der Waals surface area contributed by atoms with Crippen molar-refractivity contribution in [3.8, 4) is 5.75 Å². The number of nitrogens with zero attached hydrogens (tertiary/aromatic N) is 1. The van der Waals surface area contributed by atoms with E-state index in [-0.39, 0.29) is 5.92 Å². The third-order valence-corrected chi connectivity index (χ3v) is 4.98. The lowest BCUT2D eigenvalue weighted by Gasteiger charge is -2.13. The molecule has 2 aromatic carbocycles. The molecule has 1 aromatic heterocycles. The number of nitrogen functional groups attached to an aromatic ring is 1. The van der Waals surface area contributed by atoms with Gasteiger partial charge in [-0.15, -0.1) is 0 Å². The number of nitrogens with one attached hydrogen (secondary N) is 2. The fraction of sp³-hybridized carbons (Fsp3) is 0.143. The standard InChI is InChI=1S/C21H15BF4N4O2/c22-14-8-28-19(27)17-13(9-32-18(14)17)10-1-4-12(5-2-10)29-20(31)30-16-7-11(21(24,25)26)3-6-15(16)23/h1-8,13H,9H2,(H2,27,28)(H2,29,30,31). The minimum Gasteiger partial charge on any atom is -0.493 e. The zero-order valence-electron chi connectivity index (χ0n) is 16.3. The molecule has 0 fully saturated rings. The van der Waals surface area contributed by atoms with Gasteiger partial charge in [-0.25, -0.2) is 14.2 Å². The summed E-state index contributed by atoms with van der Waals surface area (Å²) in [6.07, 6.45) is -3.24. The highest BCUT2D eigenvalue weighted by atomic mass is 19.4. The van der Waals surface area contributed by atoms with Crippen LogP contribution in [0.25, 0.3) is 0 Å². The molecule has 0 aliphatic carbocycles. The molecule has 2 amide bonds. The number of carbonyl (C=O) groups excluding carboxylic acids is 1. The van der Waals surface area contributed by atoms with Gasteiger partial charge in [-0.3, -0.25) is 0 Å². The summed E-state index contributed by atoms with van der Waals surface area (Å²) in [6.45, 7) is 0.317. The van der Waals surface area contributed by atoms with Crippen molar-refractivity contribution in [3.05, 3.63) is 71.2 Å². The summed E-state index contributed by atoms with van der Waals surface area (Å²) in [5.41, 5.74) is 6.55. The number of aromatic nitrogens is 1. The van der Waals surface area contributed by atoms with Crippen molar-refractivity contribution in [1.82, 2.24) is 4.98 Å². The van der Waals surface area contributed by atoms with Crippen LogP contribution in [0.3, 0.4) is 0 Å². The van der Waals surface area contributed by atoms with Gasteiger partial charge in [0.15, 0.2) is 0 Å². The fourth-order valence-electron chi connectivity index (χ4n) is 3.43. The molecular formula is C21H15BF4N4O2. The van der Waals surface area contributed by atoms with Gasteiger partial charge in [-0.05, 0) is 41.4 Å². The Bertz CT molecular complexity index is 1190. The SMILES string of the molecule is [B]c1cnc(N)c2c1OCC2c1ccc(NC(=O)Nc2cc(C(F)(F)F)ccc2F)cc1. The average Bonchev–Trinajstić information content (AvgIpc) is 3.19. The second-order valence-electron chi connectivity index (χ2n) is 7.10. The van der Waals surface area contributed by atoms with Gasteiger partial charge in [0.25, 0.3) is 0 Å². The molecule has 0 bridgehead atoms. The van der Waals surface area contributed by atoms with Gasteiger partial charge in [-0.1, -0.05) is 12.1 Å². The first-order valence-corrected chi connectivity index (χ1v) is 9.35. The Morgan fingerprint density at radius 3 is 2.56 bits per heavy atom. The van der Waals surface area contributed by atoms with Crippen LogP contribution in [0.15, 0.2) is 48.7 Å². The molecule has 2 radical (unpaired) electrons. The van der Waals surface area contributed by atoms with Crippen LogP contribution in [0.5, 0.6) is 5.75 Å². The third kappa shape index (κ3) is 4.18. The number of rotatable bonds is 3. The van der Waals surface area contributed by atoms with Crippen molar-refractivity contribution in [1.29, 1.82) is 0 Å². The third-order valence-electron chi connectivity index (χ3n) is 4.98. The van der Waals surface area contributed by atoms with Crippen molar-refractivity contribution in [2.75, 3.05) is 23.0 Å². The maximum atomic E-state index is 13.8. The molecule has 1 aliphatic rings. The van der Waals surface area contributed by atoms with Crippen LogP contribution in [0, 0.1) is 5.82 Å². The second-order valence-corrected chi connectivity index (χ2v) is 7.10. The topological polar surface area (TPSA) is 89.3 Å². The van der Waals surface area contributed by atoms with E-state index in [0.717, 1.165) is 5.56 Å². The molecule has 4 rings (SSSR count). The highest BCUT2D eigenvalue weighted by Gasteiger charge is 2.32. The van der Waals surface area contributed by atoms with Crippen molar-refractivity contribution in [2.24, 2.45) is 0 Å². The van der Waals surface area contributed by atoms with E-state index in [4.69, 9.17) is 18.3 Å². The number of fused-ring (bicyclic) bond motifs is 1. The van der Waals surface area contributed by atoms with Crippen LogP contribution in [-0.4, -0.2) is 25.5 Å². The zero-order valence-corrected chi connectivity index (χ0v) is 16.3. The number of hydrogen-bond donors (Lipinski definition) is 3. The number of anilines is 3. The largest absolute Gasteiger partial charge is 0.493 e. The molecular weight excluding hydrogens is 427 g/mol. The molecule has 0 spiro atoms. The van der Waals surface area contributed by atoms with Gasteiger partial charge < -0.3 is 21.1 Å². The maximum Gasteiger partial charge on any atom is 0.416 e. The summed E-state index contributed by atoms with van der Waals surface area (Å²) in [5.74, 6) is -0.398. The van der Waals surface area contributed by atoms with Gasteiger partial charge in [0.1, 0.15) is 25.2 Å². The monoisotopic (exact) mass is 442 g/mol. The van der Waals surface area contributed by atoms with E-state index < -0.39 is 29.3 Å². The van der Waals surface area contributed by atoms with Crippen LogP contribution in [0.2, 0.25) is 0 Å². The van der Waals surface area contributed by atoms with Crippen molar-refractivity contribution in [2.45, 2.75) is 12.1 Å². The smallest absolute Gasteiger partial charge is 0.416 e. The summed E-state index contributed by atoms with van der Waals surface area (Å²) in [7, 11) is 5.88. The first kappa shape index (κ1) is 21.5. The summed E-state index contributed by atoms with van der Waals surface area (Å²) in [4.78, 5) is 16.2. The predicted molar refractivity (Wildman–Crippen MR) is 112 cm³/mol. The van der Waals surface area contributed by atoms with Gasteiger partial charge in [0.05, 0.1) is 23.8 Å². The molecule has 3 aromatic rings. The number of carbonyl (C=O) groups is 1. The number of ether oxygens (including phenoxy) is 1. The fourth-order valence-corrected chi connectivity index (χ4v) is 3.43. The number of urea groups is 1. The number of alkyl halides is 3. The molecule has 11 heteroatoms. The number of pyridine rings is 1. The quantitative estimate of drug-likeness (QED) is 0.426. The predicted octanol–water partition coefficient (Wildman–Crippen LogP) is 3.78. The van der Waals surface area contributed by atoms with Gasteiger partial charge >= 0.3 is 12.2 Å². The summed E-state index contributed by atoms with van der Waals surface area (Å²) < 4.78 is 57.9. The normalized spacial score (nSPS) is 15.1. The van der Waals surface area contributed by atoms with Gasteiger partial charge in [0, 0.05) is 17.4 Å². The molecule has 0 saturated heterocycles. The van der Waals surface area contributed by atoms with E-state index in [2.05, 4.69) is 15.6 Å². The van der Waals surface area contributed by atoms with E-state index in [0.29, 0.717) is 53.1 Å². The molecule has 2 heterocycles. The Hall–Kier alpha value is -3.76. The number of amides is 2.